The fourth-order valence-corrected chi connectivity index (χ4v) is 2.78. The van der Waals surface area contributed by atoms with E-state index in [4.69, 9.17) is 4.18 Å². The van der Waals surface area contributed by atoms with Crippen molar-refractivity contribution in [3.05, 3.63) is 30.3 Å². The Kier molecular flexibility index (Phi) is 5.19. The number of nitrogens with one attached hydrogen (secondary N) is 1. The number of carbonyl (C=O) groups excluding carboxylic acids is 1. The van der Waals surface area contributed by atoms with Gasteiger partial charge >= 0.3 is 10.1 Å². The van der Waals surface area contributed by atoms with Crippen LogP contribution in [0.4, 0.5) is 0 Å². The third-order valence-electron chi connectivity index (χ3n) is 3.05. The molecule has 7 heteroatoms. The molecule has 6 nitrogen and oxygen atoms in total. The number of carbonyl (C=O) groups is 1. The lowest BCUT2D eigenvalue weighted by molar-refractivity contribution is -0.122. The molecule has 0 heterocycles. The van der Waals surface area contributed by atoms with Gasteiger partial charge in [0.25, 0.3) is 0 Å². The third kappa shape index (κ3) is 6.14. The maximum absolute atomic E-state index is 11.8. The van der Waals surface area contributed by atoms with Crippen molar-refractivity contribution in [3.63, 3.8) is 0 Å². The molecule has 2 rings (SSSR count). The first-order valence-electron chi connectivity index (χ1n) is 6.90. The Balaban J connectivity index is 1.73. The highest BCUT2D eigenvalue weighted by Gasteiger charge is 2.23. The molecule has 1 saturated carbocycles. The van der Waals surface area contributed by atoms with Crippen molar-refractivity contribution >= 4 is 16.0 Å². The smallest absolute Gasteiger partial charge is 0.310 e. The largest absolute Gasteiger partial charge is 0.382 e. The Labute approximate surface area is 125 Å². The van der Waals surface area contributed by atoms with E-state index in [1.54, 1.807) is 42.3 Å². The van der Waals surface area contributed by atoms with Crippen molar-refractivity contribution in [2.75, 3.05) is 25.9 Å². The van der Waals surface area contributed by atoms with Crippen LogP contribution in [0.2, 0.25) is 0 Å². The van der Waals surface area contributed by atoms with Gasteiger partial charge in [-0.2, -0.15) is 8.42 Å². The van der Waals surface area contributed by atoms with E-state index >= 15 is 0 Å². The summed E-state index contributed by atoms with van der Waals surface area (Å²) in [5.74, 6) is 0.0720. The fraction of sp³-hybridized carbons (Fsp3) is 0.500. The quantitative estimate of drug-likeness (QED) is 0.712. The fourth-order valence-electron chi connectivity index (χ4n) is 1.76. The zero-order chi connectivity index (χ0) is 15.3. The molecule has 21 heavy (non-hydrogen) atoms. The molecule has 0 aliphatic heterocycles. The third-order valence-corrected chi connectivity index (χ3v) is 4.17. The molecule has 0 radical (unpaired) electrons. The van der Waals surface area contributed by atoms with Crippen LogP contribution in [0, 0.1) is 0 Å². The topological polar surface area (TPSA) is 75.7 Å². The first-order chi connectivity index (χ1) is 9.94. The van der Waals surface area contributed by atoms with E-state index in [-0.39, 0.29) is 24.7 Å². The van der Waals surface area contributed by atoms with Crippen molar-refractivity contribution < 1.29 is 17.4 Å². The molecular formula is C14H20N2O4S. The second kappa shape index (κ2) is 6.91. The number of amides is 1. The molecule has 1 aromatic rings. The highest BCUT2D eigenvalue weighted by atomic mass is 32.2. The number of nitrogens with zero attached hydrogens (tertiary/aromatic N) is 1. The number of hydrogen-bond donors (Lipinski definition) is 1. The molecule has 1 amide bonds. The lowest BCUT2D eigenvalue weighted by atomic mass is 10.3. The molecule has 0 saturated heterocycles. The Bertz CT molecular complexity index is 570. The van der Waals surface area contributed by atoms with E-state index in [0.29, 0.717) is 11.8 Å². The van der Waals surface area contributed by atoms with E-state index < -0.39 is 10.1 Å². The van der Waals surface area contributed by atoms with Gasteiger partial charge in [-0.05, 0) is 32.0 Å². The zero-order valence-corrected chi connectivity index (χ0v) is 12.8. The lowest BCUT2D eigenvalue weighted by Crippen LogP contribution is -2.38. The normalized spacial score (nSPS) is 15.0. The number of likely N-dealkylation sites (N-methyl/N-ethyl adjacent to an activating group) is 1. The monoisotopic (exact) mass is 312 g/mol. The average Bonchev–Trinajstić information content (AvgIpc) is 3.21. The molecule has 1 N–H and O–H groups in total. The SMILES string of the molecule is CN(CCS(=O)(=O)Oc1ccccc1)CC(=O)NC1CC1. The van der Waals surface area contributed by atoms with Crippen LogP contribution in [0.5, 0.6) is 5.75 Å². The summed E-state index contributed by atoms with van der Waals surface area (Å²) in [5, 5.41) is 2.86. The summed E-state index contributed by atoms with van der Waals surface area (Å²) >= 11 is 0. The summed E-state index contributed by atoms with van der Waals surface area (Å²) in [7, 11) is -1.94. The second-order valence-electron chi connectivity index (χ2n) is 5.24. The van der Waals surface area contributed by atoms with Gasteiger partial charge in [-0.1, -0.05) is 18.2 Å². The zero-order valence-electron chi connectivity index (χ0n) is 12.0. The molecule has 0 atom stereocenters. The van der Waals surface area contributed by atoms with Gasteiger partial charge in [0.15, 0.2) is 0 Å². The Morgan fingerprint density at radius 2 is 2.00 bits per heavy atom. The van der Waals surface area contributed by atoms with Crippen molar-refractivity contribution in [2.24, 2.45) is 0 Å². The van der Waals surface area contributed by atoms with Gasteiger partial charge < -0.3 is 9.50 Å². The summed E-state index contributed by atoms with van der Waals surface area (Å²) in [5.41, 5.74) is 0. The molecule has 0 spiro atoms. The number of rotatable bonds is 8. The summed E-state index contributed by atoms with van der Waals surface area (Å²) in [6.45, 7) is 0.435. The maximum Gasteiger partial charge on any atom is 0.310 e. The van der Waals surface area contributed by atoms with Crippen LogP contribution in [0.25, 0.3) is 0 Å². The van der Waals surface area contributed by atoms with E-state index in [1.807, 2.05) is 0 Å². The molecule has 0 unspecified atom stereocenters. The van der Waals surface area contributed by atoms with E-state index in [2.05, 4.69) is 5.32 Å². The average molecular weight is 312 g/mol. The van der Waals surface area contributed by atoms with Crippen LogP contribution < -0.4 is 9.50 Å². The van der Waals surface area contributed by atoms with Crippen LogP contribution in [-0.4, -0.2) is 51.2 Å². The molecule has 1 aromatic carbocycles. The van der Waals surface area contributed by atoms with E-state index in [0.717, 1.165) is 12.8 Å². The second-order valence-corrected chi connectivity index (χ2v) is 6.93. The van der Waals surface area contributed by atoms with Gasteiger partial charge in [0.1, 0.15) is 5.75 Å². The van der Waals surface area contributed by atoms with Crippen LogP contribution in [0.3, 0.4) is 0 Å². The van der Waals surface area contributed by atoms with Gasteiger partial charge in [0.2, 0.25) is 5.91 Å². The van der Waals surface area contributed by atoms with Gasteiger partial charge in [-0.3, -0.25) is 9.69 Å². The van der Waals surface area contributed by atoms with Crippen molar-refractivity contribution in [2.45, 2.75) is 18.9 Å². The maximum atomic E-state index is 11.8. The molecule has 0 bridgehead atoms. The summed E-state index contributed by atoms with van der Waals surface area (Å²) in [6, 6.07) is 8.69. The van der Waals surface area contributed by atoms with Gasteiger partial charge in [0, 0.05) is 12.6 Å². The highest BCUT2D eigenvalue weighted by Crippen LogP contribution is 2.18. The van der Waals surface area contributed by atoms with Crippen LogP contribution >= 0.6 is 0 Å². The van der Waals surface area contributed by atoms with Gasteiger partial charge in [-0.15, -0.1) is 0 Å². The lowest BCUT2D eigenvalue weighted by Gasteiger charge is -2.16. The molecule has 1 fully saturated rings. The molecule has 1 aliphatic carbocycles. The van der Waals surface area contributed by atoms with Crippen LogP contribution in [0.15, 0.2) is 30.3 Å². The molecular weight excluding hydrogens is 292 g/mol. The van der Waals surface area contributed by atoms with Gasteiger partial charge in [0.05, 0.1) is 12.3 Å². The Morgan fingerprint density at radius 1 is 1.33 bits per heavy atom. The number of hydrogen-bond acceptors (Lipinski definition) is 5. The van der Waals surface area contributed by atoms with Crippen molar-refractivity contribution in [3.8, 4) is 5.75 Å². The highest BCUT2D eigenvalue weighted by molar-refractivity contribution is 7.87. The van der Waals surface area contributed by atoms with Crippen molar-refractivity contribution in [1.82, 2.24) is 10.2 Å². The minimum atomic E-state index is -3.65. The molecule has 0 aromatic heterocycles. The first-order valence-corrected chi connectivity index (χ1v) is 8.47. The Morgan fingerprint density at radius 3 is 2.62 bits per heavy atom. The van der Waals surface area contributed by atoms with Gasteiger partial charge in [-0.25, -0.2) is 0 Å². The predicted octanol–water partition coefficient (Wildman–Crippen LogP) is 0.606. The Hall–Kier alpha value is -1.60. The number of benzene rings is 1. The first kappa shape index (κ1) is 15.8. The minimum absolute atomic E-state index is 0.0682. The van der Waals surface area contributed by atoms with E-state index in [9.17, 15) is 13.2 Å². The summed E-state index contributed by atoms with van der Waals surface area (Å²) in [6.07, 6.45) is 2.07. The van der Waals surface area contributed by atoms with Crippen LogP contribution in [0.1, 0.15) is 12.8 Å². The summed E-state index contributed by atoms with van der Waals surface area (Å²) in [4.78, 5) is 13.3. The molecule has 1 aliphatic rings. The molecule has 116 valence electrons. The van der Waals surface area contributed by atoms with Crippen LogP contribution in [-0.2, 0) is 14.9 Å². The predicted molar refractivity (Wildman–Crippen MR) is 79.5 cm³/mol. The number of para-hydroxylation sites is 1. The summed E-state index contributed by atoms with van der Waals surface area (Å²) < 4.78 is 28.6. The standard InChI is InChI=1S/C14H20N2O4S/c1-16(11-14(17)15-12-7-8-12)9-10-21(18,19)20-13-5-3-2-4-6-13/h2-6,12H,7-11H2,1H3,(H,15,17). The minimum Gasteiger partial charge on any atom is -0.382 e. The van der Waals surface area contributed by atoms with Crippen molar-refractivity contribution in [1.29, 1.82) is 0 Å². The van der Waals surface area contributed by atoms with E-state index in [1.165, 1.54) is 0 Å².